The first-order chi connectivity index (χ1) is 19.2. The molecular formula is C37H52O4. The predicted molar refractivity (Wildman–Crippen MR) is 162 cm³/mol. The lowest BCUT2D eigenvalue weighted by molar-refractivity contribution is -0.229. The number of hydrogen-bond donors (Lipinski definition) is 1. The third kappa shape index (κ3) is 3.87. The summed E-state index contributed by atoms with van der Waals surface area (Å²) in [4.78, 5) is 27.9. The summed E-state index contributed by atoms with van der Waals surface area (Å²) < 4.78 is 6.06. The molecular weight excluding hydrogens is 508 g/mol. The molecule has 4 nitrogen and oxygen atoms in total. The molecule has 0 radical (unpaired) electrons. The van der Waals surface area contributed by atoms with Gasteiger partial charge in [0, 0.05) is 6.42 Å². The van der Waals surface area contributed by atoms with Crippen LogP contribution in [0.2, 0.25) is 0 Å². The maximum atomic E-state index is 14.1. The van der Waals surface area contributed by atoms with Gasteiger partial charge in [0.25, 0.3) is 0 Å². The van der Waals surface area contributed by atoms with Crippen molar-refractivity contribution in [3.63, 3.8) is 0 Å². The van der Waals surface area contributed by atoms with Gasteiger partial charge in [-0.15, -0.1) is 0 Å². The fraction of sp³-hybridized carbons (Fsp3) is 0.730. The molecule has 0 aromatic heterocycles. The third-order valence-electron chi connectivity index (χ3n) is 14.0. The summed E-state index contributed by atoms with van der Waals surface area (Å²) in [5, 5.41) is 11.0. The Hall–Kier alpha value is -1.94. The van der Waals surface area contributed by atoms with Crippen molar-refractivity contribution < 1.29 is 19.4 Å². The van der Waals surface area contributed by atoms with Gasteiger partial charge in [-0.3, -0.25) is 9.59 Å². The molecule has 0 unspecified atom stereocenters. The number of ether oxygens (including phenoxy) is 1. The molecule has 4 fully saturated rings. The van der Waals surface area contributed by atoms with E-state index in [2.05, 4.69) is 48.5 Å². The Bertz CT molecular complexity index is 1260. The number of rotatable bonds is 4. The largest absolute Gasteiger partial charge is 0.460 e. The molecule has 1 N–H and O–H groups in total. The highest BCUT2D eigenvalue weighted by Crippen LogP contribution is 2.76. The van der Waals surface area contributed by atoms with Gasteiger partial charge in [-0.05, 0) is 113 Å². The van der Waals surface area contributed by atoms with E-state index in [0.717, 1.165) is 61.7 Å². The fourth-order valence-electron chi connectivity index (χ4n) is 11.7. The molecule has 41 heavy (non-hydrogen) atoms. The van der Waals surface area contributed by atoms with E-state index in [1.165, 1.54) is 0 Å². The summed E-state index contributed by atoms with van der Waals surface area (Å²) in [5.74, 6) is 1.41. The zero-order valence-corrected chi connectivity index (χ0v) is 26.5. The summed E-state index contributed by atoms with van der Waals surface area (Å²) >= 11 is 0. The lowest BCUT2D eigenvalue weighted by Crippen LogP contribution is -2.65. The Morgan fingerprint density at radius 2 is 1.61 bits per heavy atom. The molecule has 1 aromatic carbocycles. The molecule has 0 spiro atoms. The van der Waals surface area contributed by atoms with E-state index in [9.17, 15) is 14.7 Å². The van der Waals surface area contributed by atoms with Crippen LogP contribution < -0.4 is 0 Å². The number of allylic oxidation sites excluding steroid dienone is 1. The molecule has 5 aliphatic carbocycles. The van der Waals surface area contributed by atoms with Crippen LogP contribution in [0.1, 0.15) is 112 Å². The Morgan fingerprint density at radius 3 is 2.29 bits per heavy atom. The number of carbonyl (C=O) groups is 2. The third-order valence-corrected chi connectivity index (χ3v) is 14.0. The van der Waals surface area contributed by atoms with Crippen LogP contribution in [0.25, 0.3) is 0 Å². The highest BCUT2D eigenvalue weighted by Gasteiger charge is 2.71. The molecule has 0 saturated heterocycles. The van der Waals surface area contributed by atoms with Crippen LogP contribution in [0.5, 0.6) is 0 Å². The smallest absolute Gasteiger partial charge is 0.317 e. The van der Waals surface area contributed by atoms with Crippen LogP contribution in [-0.4, -0.2) is 23.0 Å². The molecule has 6 rings (SSSR count). The number of ketones is 1. The minimum Gasteiger partial charge on any atom is -0.460 e. The average Bonchev–Trinajstić information content (AvgIpc) is 3.24. The van der Waals surface area contributed by atoms with Gasteiger partial charge >= 0.3 is 5.97 Å². The number of aliphatic hydroxyl groups excluding tert-OH is 1. The zero-order valence-electron chi connectivity index (χ0n) is 26.5. The average molecular weight is 561 g/mol. The lowest BCUT2D eigenvalue weighted by Gasteiger charge is -2.72. The Morgan fingerprint density at radius 1 is 0.902 bits per heavy atom. The van der Waals surface area contributed by atoms with Crippen LogP contribution in [0, 0.1) is 50.7 Å². The maximum absolute atomic E-state index is 14.1. The Labute approximate surface area is 247 Å². The fourth-order valence-corrected chi connectivity index (χ4v) is 11.7. The van der Waals surface area contributed by atoms with E-state index in [-0.39, 0.29) is 64.4 Å². The van der Waals surface area contributed by atoms with E-state index in [1.54, 1.807) is 0 Å². The highest BCUT2D eigenvalue weighted by atomic mass is 16.5. The first-order valence-electron chi connectivity index (χ1n) is 16.4. The van der Waals surface area contributed by atoms with Crippen LogP contribution in [0.15, 0.2) is 41.5 Å². The second-order valence-electron chi connectivity index (χ2n) is 16.2. The number of Topliss-reactive ketones (excluding diaryl/α,β-unsaturated/α-hetero) is 1. The van der Waals surface area contributed by atoms with E-state index < -0.39 is 5.41 Å². The highest BCUT2D eigenvalue weighted by molar-refractivity contribution is 6.06. The van der Waals surface area contributed by atoms with Crippen molar-refractivity contribution in [1.82, 2.24) is 0 Å². The molecule has 224 valence electrons. The first kappa shape index (κ1) is 29.1. The normalized spacial score (nSPS) is 43.2. The van der Waals surface area contributed by atoms with E-state index in [1.807, 2.05) is 30.3 Å². The van der Waals surface area contributed by atoms with Gasteiger partial charge < -0.3 is 9.84 Å². The molecule has 0 bridgehead atoms. The van der Waals surface area contributed by atoms with Gasteiger partial charge in [0.2, 0.25) is 0 Å². The van der Waals surface area contributed by atoms with Crippen LogP contribution in [-0.2, 0) is 20.9 Å². The SMILES string of the molecule is CC(C)C1=C2[C@H]3CC[C@H]4[C@]5(C)CC[C@H](O)C(C)(C)[C@H]5CC[C@]4(C)[C@@]3(C)CC[C@]2(C(=O)OCc2ccccc2)CC1=O. The van der Waals surface area contributed by atoms with Crippen molar-refractivity contribution in [3.8, 4) is 0 Å². The van der Waals surface area contributed by atoms with Gasteiger partial charge in [-0.1, -0.05) is 78.8 Å². The summed E-state index contributed by atoms with van der Waals surface area (Å²) in [6.07, 6.45) is 8.18. The number of carbonyl (C=O) groups excluding carboxylic acids is 2. The summed E-state index contributed by atoms with van der Waals surface area (Å²) in [5.41, 5.74) is 2.55. The number of fused-ring (bicyclic) bond motifs is 7. The molecule has 4 saturated carbocycles. The maximum Gasteiger partial charge on any atom is 0.317 e. The lowest BCUT2D eigenvalue weighted by atomic mass is 9.33. The second-order valence-corrected chi connectivity index (χ2v) is 16.2. The quantitative estimate of drug-likeness (QED) is 0.378. The summed E-state index contributed by atoms with van der Waals surface area (Å²) in [6, 6.07) is 9.89. The molecule has 0 heterocycles. The van der Waals surface area contributed by atoms with E-state index in [0.29, 0.717) is 18.3 Å². The zero-order chi connectivity index (χ0) is 29.6. The summed E-state index contributed by atoms with van der Waals surface area (Å²) in [6.45, 7) is 16.7. The van der Waals surface area contributed by atoms with Crippen LogP contribution in [0.4, 0.5) is 0 Å². The van der Waals surface area contributed by atoms with Crippen molar-refractivity contribution in [3.05, 3.63) is 47.0 Å². The van der Waals surface area contributed by atoms with Gasteiger partial charge in [-0.2, -0.15) is 0 Å². The molecule has 4 heteroatoms. The van der Waals surface area contributed by atoms with E-state index >= 15 is 0 Å². The van der Waals surface area contributed by atoms with Gasteiger partial charge in [0.05, 0.1) is 11.5 Å². The van der Waals surface area contributed by atoms with Crippen molar-refractivity contribution >= 4 is 11.8 Å². The standard InChI is InChI=1S/C37H52O4/c1-23(2)30-26(38)21-37(32(40)41-22-24-11-9-8-10-12-24)20-19-35(6)25(31(30)37)13-14-28-34(5)17-16-29(39)33(3,4)27(34)15-18-36(28,35)7/h8-12,23,25,27-29,39H,13-22H2,1-7H3/t25-,27-,28+,29+,34-,35+,36+,37+/m1/s1. The topological polar surface area (TPSA) is 63.6 Å². The molecule has 8 atom stereocenters. The first-order valence-corrected chi connectivity index (χ1v) is 16.4. The van der Waals surface area contributed by atoms with Crippen LogP contribution >= 0.6 is 0 Å². The van der Waals surface area contributed by atoms with Crippen molar-refractivity contribution in [2.75, 3.05) is 0 Å². The second kappa shape index (κ2) is 9.53. The number of benzene rings is 1. The van der Waals surface area contributed by atoms with Crippen LogP contribution in [0.3, 0.4) is 0 Å². The monoisotopic (exact) mass is 560 g/mol. The minimum atomic E-state index is -0.809. The number of aliphatic hydroxyl groups is 1. The van der Waals surface area contributed by atoms with Crippen molar-refractivity contribution in [2.24, 2.45) is 50.7 Å². The van der Waals surface area contributed by atoms with Gasteiger partial charge in [-0.25, -0.2) is 0 Å². The Balaban J connectivity index is 1.38. The number of esters is 1. The molecule has 0 amide bonds. The van der Waals surface area contributed by atoms with E-state index in [4.69, 9.17) is 4.74 Å². The molecule has 0 aliphatic heterocycles. The Kier molecular flexibility index (Phi) is 6.77. The molecule has 1 aromatic rings. The predicted octanol–water partition coefficient (Wildman–Crippen LogP) is 8.07. The van der Waals surface area contributed by atoms with Gasteiger partial charge in [0.1, 0.15) is 6.61 Å². The van der Waals surface area contributed by atoms with Crippen molar-refractivity contribution in [1.29, 1.82) is 0 Å². The summed E-state index contributed by atoms with van der Waals surface area (Å²) in [7, 11) is 0. The number of hydrogen-bond acceptors (Lipinski definition) is 4. The molecule has 5 aliphatic rings. The minimum absolute atomic E-state index is 0.0212. The van der Waals surface area contributed by atoms with Crippen molar-refractivity contribution in [2.45, 2.75) is 119 Å². The van der Waals surface area contributed by atoms with Gasteiger partial charge in [0.15, 0.2) is 5.78 Å².